The maximum absolute atomic E-state index is 11.7. The third-order valence-electron chi connectivity index (χ3n) is 3.16. The minimum Gasteiger partial charge on any atom is -0.468 e. The van der Waals surface area contributed by atoms with E-state index in [0.29, 0.717) is 0 Å². The second kappa shape index (κ2) is 3.27. The molecule has 0 aliphatic carbocycles. The van der Waals surface area contributed by atoms with Gasteiger partial charge in [-0.15, -0.1) is 0 Å². The molecule has 1 atom stereocenters. The third-order valence-corrected chi connectivity index (χ3v) is 3.16. The van der Waals surface area contributed by atoms with Crippen LogP contribution in [0.2, 0.25) is 0 Å². The van der Waals surface area contributed by atoms with E-state index in [1.54, 1.807) is 0 Å². The molecule has 0 bridgehead atoms. The molecule has 0 aromatic carbocycles. The molecule has 1 N–H and O–H groups in total. The first-order valence-electron chi connectivity index (χ1n) is 4.84. The second-order valence-electron chi connectivity index (χ2n) is 3.79. The van der Waals surface area contributed by atoms with Crippen LogP contribution in [0.5, 0.6) is 0 Å². The van der Waals surface area contributed by atoms with Crippen LogP contribution in [0.25, 0.3) is 0 Å². The summed E-state index contributed by atoms with van der Waals surface area (Å²) in [5, 5.41) is 3.24. The van der Waals surface area contributed by atoms with Gasteiger partial charge in [-0.2, -0.15) is 0 Å². The molecule has 74 valence electrons. The van der Waals surface area contributed by atoms with E-state index in [0.717, 1.165) is 32.6 Å². The van der Waals surface area contributed by atoms with E-state index >= 15 is 0 Å². The molecular formula is C9H16N2O2. The Bertz CT molecular complexity index is 208. The molecule has 0 aromatic heterocycles. The molecule has 0 aromatic rings. The van der Waals surface area contributed by atoms with Gasteiger partial charge in [-0.3, -0.25) is 4.90 Å². The molecule has 4 heteroatoms. The summed E-state index contributed by atoms with van der Waals surface area (Å²) in [4.78, 5) is 13.9. The highest BCUT2D eigenvalue weighted by Crippen LogP contribution is 2.29. The molecule has 2 saturated heterocycles. The second-order valence-corrected chi connectivity index (χ2v) is 3.79. The van der Waals surface area contributed by atoms with Crippen molar-refractivity contribution < 1.29 is 9.53 Å². The number of esters is 1. The van der Waals surface area contributed by atoms with Gasteiger partial charge in [0.25, 0.3) is 0 Å². The maximum atomic E-state index is 11.7. The fourth-order valence-corrected chi connectivity index (χ4v) is 2.19. The van der Waals surface area contributed by atoms with Gasteiger partial charge >= 0.3 is 5.97 Å². The van der Waals surface area contributed by atoms with Crippen LogP contribution in [0.4, 0.5) is 0 Å². The van der Waals surface area contributed by atoms with Gasteiger partial charge in [0.1, 0.15) is 5.54 Å². The first-order valence-corrected chi connectivity index (χ1v) is 4.84. The normalized spacial score (nSPS) is 34.2. The van der Waals surface area contributed by atoms with E-state index in [-0.39, 0.29) is 11.5 Å². The van der Waals surface area contributed by atoms with Crippen molar-refractivity contribution in [3.05, 3.63) is 0 Å². The van der Waals surface area contributed by atoms with Crippen molar-refractivity contribution in [2.75, 3.05) is 33.3 Å². The summed E-state index contributed by atoms with van der Waals surface area (Å²) in [5.41, 5.74) is -0.340. The summed E-state index contributed by atoms with van der Waals surface area (Å²) in [5.74, 6) is -0.0720. The fourth-order valence-electron chi connectivity index (χ4n) is 2.19. The number of rotatable bonds is 2. The lowest BCUT2D eigenvalue weighted by Gasteiger charge is -2.43. The lowest BCUT2D eigenvalue weighted by Crippen LogP contribution is -2.61. The van der Waals surface area contributed by atoms with Gasteiger partial charge in [0.15, 0.2) is 0 Å². The number of carbonyl (C=O) groups excluding carboxylic acids is 1. The summed E-state index contributed by atoms with van der Waals surface area (Å²) in [6, 6.07) is 0. The van der Waals surface area contributed by atoms with Gasteiger partial charge < -0.3 is 10.1 Å². The zero-order valence-electron chi connectivity index (χ0n) is 8.01. The summed E-state index contributed by atoms with van der Waals surface area (Å²) in [6.07, 6.45) is 2.10. The number of ether oxygens (including phenoxy) is 1. The van der Waals surface area contributed by atoms with Crippen LogP contribution in [0.3, 0.4) is 0 Å². The molecule has 0 saturated carbocycles. The van der Waals surface area contributed by atoms with Crippen molar-refractivity contribution in [1.82, 2.24) is 10.2 Å². The Morgan fingerprint density at radius 3 is 2.69 bits per heavy atom. The number of nitrogens with zero attached hydrogens (tertiary/aromatic N) is 1. The van der Waals surface area contributed by atoms with Crippen LogP contribution in [0, 0.1) is 0 Å². The molecule has 13 heavy (non-hydrogen) atoms. The van der Waals surface area contributed by atoms with Crippen molar-refractivity contribution in [2.24, 2.45) is 0 Å². The Kier molecular flexibility index (Phi) is 2.26. The van der Waals surface area contributed by atoms with Gasteiger partial charge in [-0.1, -0.05) is 0 Å². The molecule has 0 spiro atoms. The van der Waals surface area contributed by atoms with Gasteiger partial charge in [0, 0.05) is 19.6 Å². The molecule has 2 rings (SSSR count). The van der Waals surface area contributed by atoms with Crippen molar-refractivity contribution in [3.63, 3.8) is 0 Å². The van der Waals surface area contributed by atoms with Gasteiger partial charge in [-0.05, 0) is 19.4 Å². The molecule has 2 fully saturated rings. The largest absolute Gasteiger partial charge is 0.468 e. The Morgan fingerprint density at radius 1 is 1.54 bits per heavy atom. The summed E-state index contributed by atoms with van der Waals surface area (Å²) in [6.45, 7) is 3.75. The smallest absolute Gasteiger partial charge is 0.327 e. The van der Waals surface area contributed by atoms with Crippen LogP contribution in [-0.2, 0) is 9.53 Å². The Labute approximate surface area is 78.2 Å². The van der Waals surface area contributed by atoms with Gasteiger partial charge in [0.2, 0.25) is 0 Å². The average Bonchev–Trinajstić information content (AvgIpc) is 2.50. The minimum atomic E-state index is -0.340. The topological polar surface area (TPSA) is 41.6 Å². The van der Waals surface area contributed by atoms with Crippen molar-refractivity contribution in [1.29, 1.82) is 0 Å². The van der Waals surface area contributed by atoms with Gasteiger partial charge in [-0.25, -0.2) is 4.79 Å². The van der Waals surface area contributed by atoms with E-state index in [9.17, 15) is 4.79 Å². The SMILES string of the molecule is COC(=O)C1(N2CCC2)CCNC1. The van der Waals surface area contributed by atoms with E-state index in [4.69, 9.17) is 4.74 Å². The highest BCUT2D eigenvalue weighted by Gasteiger charge is 2.49. The molecule has 2 aliphatic heterocycles. The van der Waals surface area contributed by atoms with E-state index in [2.05, 4.69) is 10.2 Å². The standard InChI is InChI=1S/C9H16N2O2/c1-13-8(12)9(3-4-10-7-9)11-5-2-6-11/h10H,2-7H2,1H3. The number of carbonyl (C=O) groups is 1. The van der Waals surface area contributed by atoms with Crippen molar-refractivity contribution >= 4 is 5.97 Å². The number of nitrogens with one attached hydrogen (secondary N) is 1. The van der Waals surface area contributed by atoms with Crippen LogP contribution in [-0.4, -0.2) is 49.7 Å². The quantitative estimate of drug-likeness (QED) is 0.593. The minimum absolute atomic E-state index is 0.0720. The highest BCUT2D eigenvalue weighted by molar-refractivity contribution is 5.81. The number of hydrogen-bond donors (Lipinski definition) is 1. The Balaban J connectivity index is 2.13. The molecule has 0 radical (unpaired) electrons. The predicted octanol–water partition coefficient (Wildman–Crippen LogP) is -0.403. The Hall–Kier alpha value is -0.610. The highest BCUT2D eigenvalue weighted by atomic mass is 16.5. The molecular weight excluding hydrogens is 168 g/mol. The summed E-state index contributed by atoms with van der Waals surface area (Å²) >= 11 is 0. The van der Waals surface area contributed by atoms with Gasteiger partial charge in [0.05, 0.1) is 7.11 Å². The van der Waals surface area contributed by atoms with Crippen LogP contribution < -0.4 is 5.32 Å². The summed E-state index contributed by atoms with van der Waals surface area (Å²) < 4.78 is 4.87. The van der Waals surface area contributed by atoms with Crippen LogP contribution in [0.1, 0.15) is 12.8 Å². The number of likely N-dealkylation sites (tertiary alicyclic amines) is 1. The molecule has 1 unspecified atom stereocenters. The average molecular weight is 184 g/mol. The zero-order chi connectivity index (χ0) is 9.31. The third kappa shape index (κ3) is 1.25. The molecule has 2 heterocycles. The molecule has 0 amide bonds. The number of hydrogen-bond acceptors (Lipinski definition) is 4. The van der Waals surface area contributed by atoms with E-state index in [1.165, 1.54) is 13.5 Å². The lowest BCUT2D eigenvalue weighted by molar-refractivity contribution is -0.157. The Morgan fingerprint density at radius 2 is 2.31 bits per heavy atom. The van der Waals surface area contributed by atoms with Crippen molar-refractivity contribution in [3.8, 4) is 0 Å². The van der Waals surface area contributed by atoms with Crippen molar-refractivity contribution in [2.45, 2.75) is 18.4 Å². The first kappa shape index (κ1) is 8.97. The fraction of sp³-hybridized carbons (Fsp3) is 0.889. The van der Waals surface area contributed by atoms with E-state index in [1.807, 2.05) is 0 Å². The first-order chi connectivity index (χ1) is 6.29. The molecule has 4 nitrogen and oxygen atoms in total. The van der Waals surface area contributed by atoms with Crippen LogP contribution in [0.15, 0.2) is 0 Å². The van der Waals surface area contributed by atoms with Crippen LogP contribution >= 0.6 is 0 Å². The lowest BCUT2D eigenvalue weighted by atomic mass is 9.92. The molecule has 2 aliphatic rings. The van der Waals surface area contributed by atoms with E-state index < -0.39 is 0 Å². The number of methoxy groups -OCH3 is 1. The zero-order valence-corrected chi connectivity index (χ0v) is 8.01. The monoisotopic (exact) mass is 184 g/mol. The predicted molar refractivity (Wildman–Crippen MR) is 48.4 cm³/mol. The maximum Gasteiger partial charge on any atom is 0.327 e. The summed E-state index contributed by atoms with van der Waals surface area (Å²) in [7, 11) is 1.47.